The minimum absolute atomic E-state index is 0.0975. The molecule has 6 nitrogen and oxygen atoms in total. The topological polar surface area (TPSA) is 63.7 Å². The molecule has 3 heterocycles. The van der Waals surface area contributed by atoms with E-state index < -0.39 is 0 Å². The number of aryl methyl sites for hydroxylation is 1. The number of carbonyl (C=O) groups excluding carboxylic acids is 1. The largest absolute Gasteiger partial charge is 0.490 e. The zero-order valence-corrected chi connectivity index (χ0v) is 18.4. The van der Waals surface area contributed by atoms with Crippen molar-refractivity contribution < 1.29 is 14.3 Å². The molecular formula is C26H29N3O3. The molecule has 1 atom stereocenters. The number of nitrogens with zero attached hydrogens (tertiary/aromatic N) is 2. The summed E-state index contributed by atoms with van der Waals surface area (Å²) in [5.41, 5.74) is 4.57. The summed E-state index contributed by atoms with van der Waals surface area (Å²) in [6, 6.07) is 16.6. The van der Waals surface area contributed by atoms with Gasteiger partial charge in [0.2, 0.25) is 0 Å². The van der Waals surface area contributed by atoms with E-state index in [1.807, 2.05) is 29.3 Å². The van der Waals surface area contributed by atoms with E-state index in [1.54, 1.807) is 0 Å². The molecule has 3 aromatic rings. The van der Waals surface area contributed by atoms with Gasteiger partial charge in [-0.3, -0.25) is 9.78 Å². The van der Waals surface area contributed by atoms with E-state index >= 15 is 0 Å². The summed E-state index contributed by atoms with van der Waals surface area (Å²) < 4.78 is 11.8. The van der Waals surface area contributed by atoms with Gasteiger partial charge in [-0.1, -0.05) is 30.3 Å². The number of rotatable bonds is 4. The Kier molecular flexibility index (Phi) is 6.06. The van der Waals surface area contributed by atoms with Gasteiger partial charge in [0.05, 0.1) is 12.1 Å². The lowest BCUT2D eigenvalue weighted by molar-refractivity contribution is -0.147. The van der Waals surface area contributed by atoms with Crippen molar-refractivity contribution in [1.29, 1.82) is 0 Å². The minimum Gasteiger partial charge on any atom is -0.490 e. The second kappa shape index (κ2) is 9.27. The number of hydrogen-bond acceptors (Lipinski definition) is 5. The third-order valence-electron chi connectivity index (χ3n) is 6.45. The van der Waals surface area contributed by atoms with Crippen LogP contribution in [0.25, 0.3) is 22.0 Å². The van der Waals surface area contributed by atoms with Gasteiger partial charge in [-0.2, -0.15) is 0 Å². The first-order valence-electron chi connectivity index (χ1n) is 11.4. The Bertz CT molecular complexity index is 1090. The summed E-state index contributed by atoms with van der Waals surface area (Å²) in [6.07, 6.45) is 3.30. The van der Waals surface area contributed by atoms with Crippen LogP contribution in [-0.2, 0) is 9.53 Å². The Morgan fingerprint density at radius 1 is 1.12 bits per heavy atom. The molecule has 2 aromatic carbocycles. The number of nitrogens with one attached hydrogen (secondary N) is 1. The highest BCUT2D eigenvalue weighted by atomic mass is 16.5. The molecule has 2 saturated heterocycles. The number of pyridine rings is 1. The Labute approximate surface area is 188 Å². The fraction of sp³-hybridized carbons (Fsp3) is 0.385. The molecule has 32 heavy (non-hydrogen) atoms. The zero-order chi connectivity index (χ0) is 21.9. The van der Waals surface area contributed by atoms with Crippen molar-refractivity contribution in [2.24, 2.45) is 0 Å². The van der Waals surface area contributed by atoms with Gasteiger partial charge in [-0.05, 0) is 41.8 Å². The molecule has 0 radical (unpaired) electrons. The number of fused-ring (bicyclic) bond motifs is 1. The van der Waals surface area contributed by atoms with E-state index in [-0.39, 0.29) is 18.1 Å². The van der Waals surface area contributed by atoms with E-state index in [9.17, 15) is 4.79 Å². The molecule has 0 aliphatic carbocycles. The molecule has 2 fully saturated rings. The van der Waals surface area contributed by atoms with E-state index in [0.29, 0.717) is 26.2 Å². The third kappa shape index (κ3) is 4.33. The molecule has 2 aliphatic heterocycles. The van der Waals surface area contributed by atoms with Gasteiger partial charge in [0.1, 0.15) is 18.0 Å². The molecule has 1 unspecified atom stereocenters. The SMILES string of the molecule is Cc1c(-c2ccc(OC3CCN(C(=O)C4CNCCO4)CC3)cc2)ccc2cccnc12. The van der Waals surface area contributed by atoms with Crippen LogP contribution in [0.2, 0.25) is 0 Å². The van der Waals surface area contributed by atoms with Crippen LogP contribution in [0.3, 0.4) is 0 Å². The highest BCUT2D eigenvalue weighted by molar-refractivity contribution is 5.88. The van der Waals surface area contributed by atoms with Gasteiger partial charge < -0.3 is 19.7 Å². The lowest BCUT2D eigenvalue weighted by Crippen LogP contribution is -2.52. The highest BCUT2D eigenvalue weighted by Crippen LogP contribution is 2.30. The molecule has 2 aliphatic rings. The molecule has 1 aromatic heterocycles. The van der Waals surface area contributed by atoms with Crippen LogP contribution >= 0.6 is 0 Å². The maximum atomic E-state index is 12.6. The number of morpholine rings is 1. The first-order valence-corrected chi connectivity index (χ1v) is 11.4. The van der Waals surface area contributed by atoms with Crippen LogP contribution in [0.5, 0.6) is 5.75 Å². The van der Waals surface area contributed by atoms with Gasteiger partial charge in [0.15, 0.2) is 0 Å². The van der Waals surface area contributed by atoms with Gasteiger partial charge >= 0.3 is 0 Å². The van der Waals surface area contributed by atoms with Crippen molar-refractivity contribution in [3.05, 3.63) is 60.3 Å². The van der Waals surface area contributed by atoms with E-state index in [4.69, 9.17) is 9.47 Å². The molecule has 1 N–H and O–H groups in total. The molecule has 1 amide bonds. The van der Waals surface area contributed by atoms with Crippen LogP contribution < -0.4 is 10.1 Å². The average Bonchev–Trinajstić information content (AvgIpc) is 2.86. The van der Waals surface area contributed by atoms with Crippen LogP contribution in [0, 0.1) is 6.92 Å². The fourth-order valence-electron chi connectivity index (χ4n) is 4.63. The van der Waals surface area contributed by atoms with Crippen LogP contribution in [-0.4, -0.2) is 60.8 Å². The first kappa shape index (κ1) is 20.9. The number of benzene rings is 2. The number of carbonyl (C=O) groups is 1. The number of ether oxygens (including phenoxy) is 2. The first-order chi connectivity index (χ1) is 15.7. The standard InChI is InChI=1S/C26H29N3O3/c1-18-23(9-6-20-3-2-12-28-25(18)20)19-4-7-21(8-5-19)32-22-10-14-29(15-11-22)26(30)24-17-27-13-16-31-24/h2-9,12,22,24,27H,10-11,13-17H2,1H3. The Morgan fingerprint density at radius 3 is 2.69 bits per heavy atom. The normalized spacial score (nSPS) is 19.8. The fourth-order valence-corrected chi connectivity index (χ4v) is 4.63. The molecule has 0 spiro atoms. The second-order valence-electron chi connectivity index (χ2n) is 8.54. The van der Waals surface area contributed by atoms with Gasteiger partial charge in [0.25, 0.3) is 5.91 Å². The van der Waals surface area contributed by atoms with Crippen LogP contribution in [0.15, 0.2) is 54.7 Å². The van der Waals surface area contributed by atoms with Gasteiger partial charge in [0, 0.05) is 50.6 Å². The number of amides is 1. The van der Waals surface area contributed by atoms with Crippen LogP contribution in [0.4, 0.5) is 0 Å². The Balaban J connectivity index is 1.20. The number of likely N-dealkylation sites (tertiary alicyclic amines) is 1. The van der Waals surface area contributed by atoms with E-state index in [2.05, 4.69) is 47.6 Å². The molecule has 5 rings (SSSR count). The van der Waals surface area contributed by atoms with Crippen LogP contribution in [0.1, 0.15) is 18.4 Å². The van der Waals surface area contributed by atoms with Crippen molar-refractivity contribution in [3.63, 3.8) is 0 Å². The lowest BCUT2D eigenvalue weighted by Gasteiger charge is -2.35. The Hall–Kier alpha value is -2.96. The van der Waals surface area contributed by atoms with Crippen molar-refractivity contribution >= 4 is 16.8 Å². The van der Waals surface area contributed by atoms with Crippen molar-refractivity contribution in [2.75, 3.05) is 32.8 Å². The molecule has 6 heteroatoms. The predicted octanol–water partition coefficient (Wildman–Crippen LogP) is 3.57. The average molecular weight is 432 g/mol. The highest BCUT2D eigenvalue weighted by Gasteiger charge is 2.30. The molecule has 0 bridgehead atoms. The van der Waals surface area contributed by atoms with Crippen molar-refractivity contribution in [2.45, 2.75) is 32.0 Å². The molecule has 0 saturated carbocycles. The number of aromatic nitrogens is 1. The second-order valence-corrected chi connectivity index (χ2v) is 8.54. The van der Waals surface area contributed by atoms with Gasteiger partial charge in [-0.25, -0.2) is 0 Å². The van der Waals surface area contributed by atoms with E-state index in [0.717, 1.165) is 41.6 Å². The maximum Gasteiger partial charge on any atom is 0.253 e. The maximum absolute atomic E-state index is 12.6. The minimum atomic E-state index is -0.345. The summed E-state index contributed by atoms with van der Waals surface area (Å²) in [4.78, 5) is 19.1. The van der Waals surface area contributed by atoms with E-state index in [1.165, 1.54) is 11.1 Å². The Morgan fingerprint density at radius 2 is 1.94 bits per heavy atom. The van der Waals surface area contributed by atoms with Crippen molar-refractivity contribution in [1.82, 2.24) is 15.2 Å². The number of piperidine rings is 1. The number of hydrogen-bond donors (Lipinski definition) is 1. The summed E-state index contributed by atoms with van der Waals surface area (Å²) >= 11 is 0. The smallest absolute Gasteiger partial charge is 0.253 e. The monoisotopic (exact) mass is 431 g/mol. The van der Waals surface area contributed by atoms with Crippen molar-refractivity contribution in [3.8, 4) is 16.9 Å². The predicted molar refractivity (Wildman–Crippen MR) is 125 cm³/mol. The lowest BCUT2D eigenvalue weighted by atomic mass is 9.98. The zero-order valence-electron chi connectivity index (χ0n) is 18.4. The quantitative estimate of drug-likeness (QED) is 0.684. The van der Waals surface area contributed by atoms with Gasteiger partial charge in [-0.15, -0.1) is 0 Å². The molecular weight excluding hydrogens is 402 g/mol. The summed E-state index contributed by atoms with van der Waals surface area (Å²) in [5, 5.41) is 4.38. The summed E-state index contributed by atoms with van der Waals surface area (Å²) in [7, 11) is 0. The third-order valence-corrected chi connectivity index (χ3v) is 6.45. The summed E-state index contributed by atoms with van der Waals surface area (Å²) in [6.45, 7) is 5.57. The summed E-state index contributed by atoms with van der Waals surface area (Å²) in [5.74, 6) is 0.968. The molecule has 166 valence electrons.